The smallest absolute Gasteiger partial charge is 0.476 e. The van der Waals surface area contributed by atoms with Gasteiger partial charge in [-0.3, -0.25) is 4.68 Å². The number of hydrogen-bond acceptors (Lipinski definition) is 5. The summed E-state index contributed by atoms with van der Waals surface area (Å²) in [5.41, 5.74) is 2.84. The molecule has 32 heavy (non-hydrogen) atoms. The fraction of sp³-hybridized carbons (Fsp3) is 0.136. The number of alkyl halides is 3. The summed E-state index contributed by atoms with van der Waals surface area (Å²) in [4.78, 5) is 15.8. The molecule has 2 N–H and O–H groups in total. The van der Waals surface area contributed by atoms with Crippen molar-refractivity contribution in [3.05, 3.63) is 72.1 Å². The van der Waals surface area contributed by atoms with Crippen molar-refractivity contribution in [3.63, 3.8) is 0 Å². The summed E-state index contributed by atoms with van der Waals surface area (Å²) in [6.45, 7) is 0.255. The zero-order valence-corrected chi connectivity index (χ0v) is 16.7. The maximum Gasteiger partial charge on any atom is 0.573 e. The van der Waals surface area contributed by atoms with Gasteiger partial charge in [0.25, 0.3) is 0 Å². The zero-order chi connectivity index (χ0) is 22.9. The molecule has 10 heteroatoms. The molecular formula is C22H17F3N4O3. The lowest BCUT2D eigenvalue weighted by Gasteiger charge is -2.11. The Morgan fingerprint density at radius 2 is 1.91 bits per heavy atom. The van der Waals surface area contributed by atoms with Crippen LogP contribution in [-0.4, -0.2) is 32.2 Å². The Bertz CT molecular complexity index is 1280. The van der Waals surface area contributed by atoms with E-state index in [0.717, 1.165) is 11.1 Å². The Morgan fingerprint density at radius 1 is 1.12 bits per heavy atom. The minimum atomic E-state index is -4.74. The van der Waals surface area contributed by atoms with Gasteiger partial charge in [0.1, 0.15) is 11.6 Å². The summed E-state index contributed by atoms with van der Waals surface area (Å²) in [5.74, 6) is -0.855. The van der Waals surface area contributed by atoms with Crippen LogP contribution in [0.25, 0.3) is 22.0 Å². The van der Waals surface area contributed by atoms with Crippen LogP contribution < -0.4 is 10.1 Å². The van der Waals surface area contributed by atoms with Crippen molar-refractivity contribution in [2.75, 3.05) is 5.32 Å². The number of nitrogens with zero attached hydrogens (tertiary/aromatic N) is 3. The monoisotopic (exact) mass is 442 g/mol. The van der Waals surface area contributed by atoms with E-state index >= 15 is 0 Å². The number of carboxylic acid groups (broad SMARTS) is 1. The first kappa shape index (κ1) is 21.2. The molecule has 0 bridgehead atoms. The average Bonchev–Trinajstić information content (AvgIpc) is 3.08. The van der Waals surface area contributed by atoms with E-state index in [1.807, 2.05) is 12.1 Å². The predicted octanol–water partition coefficient (Wildman–Crippen LogP) is 4.84. The lowest BCUT2D eigenvalue weighted by atomic mass is 10.0. The molecule has 0 aliphatic rings. The third-order valence-corrected chi connectivity index (χ3v) is 4.76. The Labute approximate surface area is 180 Å². The molecular weight excluding hydrogens is 425 g/mol. The molecule has 0 atom stereocenters. The largest absolute Gasteiger partial charge is 0.573 e. The number of pyridine rings is 1. The number of nitrogens with one attached hydrogen (secondary N) is 1. The van der Waals surface area contributed by atoms with Gasteiger partial charge in [0, 0.05) is 30.7 Å². The molecule has 0 saturated heterocycles. The fourth-order valence-corrected chi connectivity index (χ4v) is 3.32. The van der Waals surface area contributed by atoms with E-state index in [1.165, 1.54) is 22.9 Å². The molecule has 0 radical (unpaired) electrons. The molecule has 0 saturated carbocycles. The zero-order valence-electron chi connectivity index (χ0n) is 16.7. The third-order valence-electron chi connectivity index (χ3n) is 4.76. The van der Waals surface area contributed by atoms with E-state index < -0.39 is 12.3 Å². The van der Waals surface area contributed by atoms with Crippen LogP contribution in [0.2, 0.25) is 0 Å². The van der Waals surface area contributed by atoms with E-state index in [9.17, 15) is 23.1 Å². The number of anilines is 1. The van der Waals surface area contributed by atoms with Crippen molar-refractivity contribution in [1.82, 2.24) is 14.8 Å². The topological polar surface area (TPSA) is 89.3 Å². The average molecular weight is 442 g/mol. The predicted molar refractivity (Wildman–Crippen MR) is 111 cm³/mol. The summed E-state index contributed by atoms with van der Waals surface area (Å²) in [7, 11) is 1.68. The van der Waals surface area contributed by atoms with E-state index in [4.69, 9.17) is 0 Å². The molecule has 2 heterocycles. The van der Waals surface area contributed by atoms with Crippen molar-refractivity contribution in [2.45, 2.75) is 12.9 Å². The minimum Gasteiger partial charge on any atom is -0.476 e. The van der Waals surface area contributed by atoms with Crippen LogP contribution in [0.3, 0.4) is 0 Å². The summed E-state index contributed by atoms with van der Waals surface area (Å²) < 4.78 is 42.6. The number of carbonyl (C=O) groups is 1. The number of aromatic carboxylic acids is 1. The van der Waals surface area contributed by atoms with Gasteiger partial charge in [0.05, 0.1) is 5.52 Å². The lowest BCUT2D eigenvalue weighted by molar-refractivity contribution is -0.274. The van der Waals surface area contributed by atoms with Crippen LogP contribution in [0.1, 0.15) is 16.1 Å². The summed E-state index contributed by atoms with van der Waals surface area (Å²) in [5, 5.41) is 17.0. The van der Waals surface area contributed by atoms with Crippen molar-refractivity contribution in [1.29, 1.82) is 0 Å². The van der Waals surface area contributed by atoms with Gasteiger partial charge >= 0.3 is 12.3 Å². The Morgan fingerprint density at radius 3 is 2.59 bits per heavy atom. The Kier molecular flexibility index (Phi) is 5.43. The second-order valence-electron chi connectivity index (χ2n) is 6.99. The van der Waals surface area contributed by atoms with E-state index in [-0.39, 0.29) is 18.0 Å². The highest BCUT2D eigenvalue weighted by molar-refractivity contribution is 6.02. The van der Waals surface area contributed by atoms with Gasteiger partial charge in [-0.25, -0.2) is 9.78 Å². The normalized spacial score (nSPS) is 11.5. The number of benzene rings is 2. The molecule has 2 aromatic heterocycles. The van der Waals surface area contributed by atoms with Crippen LogP contribution >= 0.6 is 0 Å². The first-order chi connectivity index (χ1) is 15.2. The molecule has 0 spiro atoms. The van der Waals surface area contributed by atoms with Crippen molar-refractivity contribution >= 4 is 22.7 Å². The number of halogens is 3. The number of rotatable bonds is 6. The standard InChI is InChI=1S/C22H17F3N4O3/c1-29-18-7-5-14(10-17(18)20(28-29)21(30)31)15-6-8-19(27-12-15)26-11-13-3-2-4-16(9-13)32-22(23,24)25/h2-10,12H,11H2,1H3,(H,26,27)(H,30,31). The summed E-state index contributed by atoms with van der Waals surface area (Å²) >= 11 is 0. The van der Waals surface area contributed by atoms with Gasteiger partial charge in [-0.15, -0.1) is 13.2 Å². The van der Waals surface area contributed by atoms with Crippen LogP contribution in [0.15, 0.2) is 60.8 Å². The molecule has 164 valence electrons. The number of ether oxygens (including phenoxy) is 1. The van der Waals surface area contributed by atoms with E-state index in [0.29, 0.717) is 22.3 Å². The summed E-state index contributed by atoms with van der Waals surface area (Å²) in [6, 6.07) is 14.6. The minimum absolute atomic E-state index is 0.0210. The van der Waals surface area contributed by atoms with Gasteiger partial charge in [-0.2, -0.15) is 5.10 Å². The van der Waals surface area contributed by atoms with Gasteiger partial charge in [-0.05, 0) is 47.5 Å². The molecule has 4 aromatic rings. The molecule has 0 aliphatic heterocycles. The quantitative estimate of drug-likeness (QED) is 0.444. The third kappa shape index (κ3) is 4.64. The molecule has 0 fully saturated rings. The first-order valence-electron chi connectivity index (χ1n) is 9.45. The van der Waals surface area contributed by atoms with Gasteiger partial charge in [-0.1, -0.05) is 18.2 Å². The highest BCUT2D eigenvalue weighted by Crippen LogP contribution is 2.27. The first-order valence-corrected chi connectivity index (χ1v) is 9.45. The Hall–Kier alpha value is -4.08. The fourth-order valence-electron chi connectivity index (χ4n) is 3.32. The van der Waals surface area contributed by atoms with Crippen LogP contribution in [-0.2, 0) is 13.6 Å². The van der Waals surface area contributed by atoms with Crippen LogP contribution in [0.4, 0.5) is 19.0 Å². The second-order valence-corrected chi connectivity index (χ2v) is 6.99. The molecule has 4 rings (SSSR count). The van der Waals surface area contributed by atoms with Crippen LogP contribution in [0, 0.1) is 0 Å². The Balaban J connectivity index is 1.49. The number of hydrogen-bond donors (Lipinski definition) is 2. The van der Waals surface area contributed by atoms with Crippen molar-refractivity contribution in [2.24, 2.45) is 7.05 Å². The van der Waals surface area contributed by atoms with Crippen molar-refractivity contribution in [3.8, 4) is 16.9 Å². The highest BCUT2D eigenvalue weighted by atomic mass is 19.4. The van der Waals surface area contributed by atoms with E-state index in [2.05, 4.69) is 20.1 Å². The van der Waals surface area contributed by atoms with Gasteiger partial charge < -0.3 is 15.2 Å². The maximum absolute atomic E-state index is 12.4. The van der Waals surface area contributed by atoms with Crippen LogP contribution in [0.5, 0.6) is 5.75 Å². The van der Waals surface area contributed by atoms with Gasteiger partial charge in [0.15, 0.2) is 5.69 Å². The van der Waals surface area contributed by atoms with Gasteiger partial charge in [0.2, 0.25) is 0 Å². The SMILES string of the molecule is Cn1nc(C(=O)O)c2cc(-c3ccc(NCc4cccc(OC(F)(F)F)c4)nc3)ccc21. The lowest BCUT2D eigenvalue weighted by Crippen LogP contribution is -2.17. The molecule has 7 nitrogen and oxygen atoms in total. The summed E-state index contributed by atoms with van der Waals surface area (Å²) in [6.07, 6.45) is -3.11. The van der Waals surface area contributed by atoms with E-state index in [1.54, 1.807) is 37.5 Å². The number of aromatic nitrogens is 3. The number of carboxylic acids is 1. The molecule has 0 amide bonds. The van der Waals surface area contributed by atoms with Crippen molar-refractivity contribution < 1.29 is 27.8 Å². The molecule has 0 aliphatic carbocycles. The maximum atomic E-state index is 12.4. The highest BCUT2D eigenvalue weighted by Gasteiger charge is 2.31. The number of aryl methyl sites for hydroxylation is 1. The molecule has 2 aromatic carbocycles. The number of fused-ring (bicyclic) bond motifs is 1. The molecule has 0 unspecified atom stereocenters. The second kappa shape index (κ2) is 8.22.